The van der Waals surface area contributed by atoms with Gasteiger partial charge in [0.2, 0.25) is 21.8 Å². The minimum absolute atomic E-state index is 0.0255. The first-order valence-electron chi connectivity index (χ1n) is 9.68. The average molecular weight is 448 g/mol. The Balaban J connectivity index is 1.82. The molecular weight excluding hydrogens is 422 g/mol. The van der Waals surface area contributed by atoms with Gasteiger partial charge in [-0.3, -0.25) is 9.59 Å². The zero-order valence-electron chi connectivity index (χ0n) is 17.5. The summed E-state index contributed by atoms with van der Waals surface area (Å²) < 4.78 is 38.1. The van der Waals surface area contributed by atoms with Crippen molar-refractivity contribution >= 4 is 33.2 Å². The van der Waals surface area contributed by atoms with Crippen molar-refractivity contribution < 1.29 is 27.5 Å². The van der Waals surface area contributed by atoms with E-state index in [9.17, 15) is 18.0 Å². The maximum absolute atomic E-state index is 13.2. The van der Waals surface area contributed by atoms with Crippen LogP contribution in [0.25, 0.3) is 0 Å². The van der Waals surface area contributed by atoms with Gasteiger partial charge in [0.25, 0.3) is 0 Å². The van der Waals surface area contributed by atoms with Crippen molar-refractivity contribution in [1.82, 2.24) is 4.31 Å². The third-order valence-corrected chi connectivity index (χ3v) is 6.82. The van der Waals surface area contributed by atoms with E-state index in [2.05, 4.69) is 10.6 Å². The molecule has 1 atom stereocenters. The number of hydrogen-bond donors (Lipinski definition) is 2. The van der Waals surface area contributed by atoms with Crippen LogP contribution in [0.3, 0.4) is 0 Å². The molecule has 0 spiro atoms. The van der Waals surface area contributed by atoms with Gasteiger partial charge in [-0.15, -0.1) is 0 Å². The van der Waals surface area contributed by atoms with Gasteiger partial charge in [0, 0.05) is 30.9 Å². The van der Waals surface area contributed by atoms with Crippen LogP contribution in [0.5, 0.6) is 11.5 Å². The summed E-state index contributed by atoms with van der Waals surface area (Å²) in [4.78, 5) is 24.2. The fourth-order valence-electron chi connectivity index (χ4n) is 3.51. The first kappa shape index (κ1) is 22.6. The number of carbonyl (C=O) groups excluding carboxylic acids is 2. The number of nitrogens with zero attached hydrogens (tertiary/aromatic N) is 1. The third kappa shape index (κ3) is 4.97. The Morgan fingerprint density at radius 3 is 2.32 bits per heavy atom. The van der Waals surface area contributed by atoms with Gasteiger partial charge < -0.3 is 20.1 Å². The zero-order valence-corrected chi connectivity index (χ0v) is 18.4. The molecule has 1 heterocycles. The normalized spacial score (nSPS) is 16.5. The summed E-state index contributed by atoms with van der Waals surface area (Å²) in [5, 5.41) is 5.39. The number of ether oxygens (including phenoxy) is 2. The highest BCUT2D eigenvalue weighted by Gasteiger charge is 2.39. The molecule has 0 aliphatic carbocycles. The highest BCUT2D eigenvalue weighted by atomic mass is 32.2. The Bertz CT molecular complexity index is 1090. The van der Waals surface area contributed by atoms with Crippen LogP contribution in [0.4, 0.5) is 11.4 Å². The van der Waals surface area contributed by atoms with Crippen molar-refractivity contribution in [3.63, 3.8) is 0 Å². The molecule has 0 saturated carbocycles. The monoisotopic (exact) mass is 447 g/mol. The van der Waals surface area contributed by atoms with E-state index in [-0.39, 0.29) is 17.3 Å². The van der Waals surface area contributed by atoms with Crippen LogP contribution in [0.1, 0.15) is 19.8 Å². The Hall–Kier alpha value is -3.11. The van der Waals surface area contributed by atoms with E-state index in [0.29, 0.717) is 35.7 Å². The second-order valence-electron chi connectivity index (χ2n) is 7.04. The van der Waals surface area contributed by atoms with Gasteiger partial charge in [-0.05, 0) is 43.2 Å². The molecule has 1 aliphatic rings. The smallest absolute Gasteiger partial charge is 0.243 e. The van der Waals surface area contributed by atoms with E-state index in [1.165, 1.54) is 43.6 Å². The van der Waals surface area contributed by atoms with Gasteiger partial charge in [-0.1, -0.05) is 6.07 Å². The molecule has 10 heteroatoms. The Kier molecular flexibility index (Phi) is 6.81. The second kappa shape index (κ2) is 9.36. The van der Waals surface area contributed by atoms with Crippen molar-refractivity contribution in [3.8, 4) is 11.5 Å². The molecule has 1 aliphatic heterocycles. The number of amides is 2. The first-order valence-corrected chi connectivity index (χ1v) is 11.1. The summed E-state index contributed by atoms with van der Waals surface area (Å²) in [5.74, 6) is 0.0442. The van der Waals surface area contributed by atoms with Crippen LogP contribution in [0, 0.1) is 0 Å². The van der Waals surface area contributed by atoms with Gasteiger partial charge in [0.15, 0.2) is 11.5 Å². The van der Waals surface area contributed by atoms with Crippen LogP contribution in [-0.4, -0.2) is 51.3 Å². The number of benzene rings is 2. The van der Waals surface area contributed by atoms with Crippen molar-refractivity contribution in [3.05, 3.63) is 42.5 Å². The van der Waals surface area contributed by atoms with E-state index in [4.69, 9.17) is 9.47 Å². The van der Waals surface area contributed by atoms with Crippen molar-refractivity contribution in [1.29, 1.82) is 0 Å². The molecule has 9 nitrogen and oxygen atoms in total. The minimum atomic E-state index is -3.93. The average Bonchev–Trinajstić information content (AvgIpc) is 3.24. The first-order chi connectivity index (χ1) is 14.8. The molecule has 0 aromatic heterocycles. The molecule has 2 N–H and O–H groups in total. The summed E-state index contributed by atoms with van der Waals surface area (Å²) in [7, 11) is -1.03. The molecule has 2 amide bonds. The van der Waals surface area contributed by atoms with E-state index in [1.54, 1.807) is 24.3 Å². The van der Waals surface area contributed by atoms with E-state index in [1.807, 2.05) is 0 Å². The van der Waals surface area contributed by atoms with Crippen LogP contribution < -0.4 is 20.1 Å². The lowest BCUT2D eigenvalue weighted by Crippen LogP contribution is -2.43. The van der Waals surface area contributed by atoms with Crippen LogP contribution in [0.2, 0.25) is 0 Å². The highest BCUT2D eigenvalue weighted by molar-refractivity contribution is 7.89. The standard InChI is InChI=1S/C21H25N3O6S/c1-14(25)22-15-6-4-7-16(12-15)23-21(26)18-8-5-11-24(18)31(27,28)17-9-10-19(29-2)20(13-17)30-3/h4,6-7,9-10,12-13,18H,5,8,11H2,1-3H3,(H,22,25)(H,23,26). The van der Waals surface area contributed by atoms with Gasteiger partial charge in [0.05, 0.1) is 19.1 Å². The van der Waals surface area contributed by atoms with Crippen molar-refractivity contribution in [2.45, 2.75) is 30.7 Å². The summed E-state index contributed by atoms with van der Waals surface area (Å²) in [5.41, 5.74) is 0.998. The molecule has 1 unspecified atom stereocenters. The highest BCUT2D eigenvalue weighted by Crippen LogP contribution is 2.33. The Morgan fingerprint density at radius 2 is 1.68 bits per heavy atom. The number of carbonyl (C=O) groups is 2. The number of nitrogens with one attached hydrogen (secondary N) is 2. The quantitative estimate of drug-likeness (QED) is 0.674. The Morgan fingerprint density at radius 1 is 1.00 bits per heavy atom. The van der Waals surface area contributed by atoms with Gasteiger partial charge in [0.1, 0.15) is 6.04 Å². The number of rotatable bonds is 7. The maximum atomic E-state index is 13.2. The largest absolute Gasteiger partial charge is 0.493 e. The SMILES string of the molecule is COc1ccc(S(=O)(=O)N2CCCC2C(=O)Nc2cccc(NC(C)=O)c2)cc1OC. The molecular formula is C21H25N3O6S. The van der Waals surface area contributed by atoms with Crippen LogP contribution >= 0.6 is 0 Å². The predicted molar refractivity (Wildman–Crippen MR) is 116 cm³/mol. The predicted octanol–water partition coefficient (Wildman–Crippen LogP) is 2.45. The fourth-order valence-corrected chi connectivity index (χ4v) is 5.18. The molecule has 166 valence electrons. The van der Waals surface area contributed by atoms with Crippen molar-refractivity contribution in [2.24, 2.45) is 0 Å². The molecule has 31 heavy (non-hydrogen) atoms. The number of methoxy groups -OCH3 is 2. The number of sulfonamides is 1. The van der Waals surface area contributed by atoms with Gasteiger partial charge in [-0.25, -0.2) is 8.42 Å². The fraction of sp³-hybridized carbons (Fsp3) is 0.333. The third-order valence-electron chi connectivity index (χ3n) is 4.92. The topological polar surface area (TPSA) is 114 Å². The summed E-state index contributed by atoms with van der Waals surface area (Å²) in [6, 6.07) is 10.2. The molecule has 3 rings (SSSR count). The van der Waals surface area contributed by atoms with Crippen molar-refractivity contribution in [2.75, 3.05) is 31.4 Å². The minimum Gasteiger partial charge on any atom is -0.493 e. The van der Waals surface area contributed by atoms with E-state index in [0.717, 1.165) is 0 Å². The lowest BCUT2D eigenvalue weighted by atomic mass is 10.2. The van der Waals surface area contributed by atoms with Crippen LogP contribution in [0.15, 0.2) is 47.4 Å². The summed E-state index contributed by atoms with van der Waals surface area (Å²) >= 11 is 0. The molecule has 2 aromatic rings. The number of anilines is 2. The molecule has 0 bridgehead atoms. The van der Waals surface area contributed by atoms with E-state index >= 15 is 0 Å². The summed E-state index contributed by atoms with van der Waals surface area (Å²) in [6.45, 7) is 1.63. The lowest BCUT2D eigenvalue weighted by molar-refractivity contribution is -0.119. The summed E-state index contributed by atoms with van der Waals surface area (Å²) in [6.07, 6.45) is 0.972. The van der Waals surface area contributed by atoms with Gasteiger partial charge in [-0.2, -0.15) is 4.31 Å². The van der Waals surface area contributed by atoms with E-state index < -0.39 is 22.0 Å². The Labute approximate surface area is 181 Å². The number of hydrogen-bond acceptors (Lipinski definition) is 6. The second-order valence-corrected chi connectivity index (χ2v) is 8.93. The zero-order chi connectivity index (χ0) is 22.6. The molecule has 2 aromatic carbocycles. The van der Waals surface area contributed by atoms with Crippen LogP contribution in [-0.2, 0) is 19.6 Å². The van der Waals surface area contributed by atoms with Gasteiger partial charge >= 0.3 is 0 Å². The molecule has 0 radical (unpaired) electrons. The molecule has 1 saturated heterocycles. The molecule has 1 fully saturated rings. The maximum Gasteiger partial charge on any atom is 0.243 e. The lowest BCUT2D eigenvalue weighted by Gasteiger charge is -2.24.